The molecular formula is C11H8N2O. The number of fused-ring (bicyclic) bond motifs is 1. The van der Waals surface area contributed by atoms with Crippen LogP contribution in [0.15, 0.2) is 35.1 Å². The van der Waals surface area contributed by atoms with Crippen LogP contribution in [0.2, 0.25) is 0 Å². The zero-order valence-corrected chi connectivity index (χ0v) is 7.47. The Balaban J connectivity index is 2.72. The van der Waals surface area contributed by atoms with Crippen LogP contribution in [0, 0.1) is 12.3 Å². The molecule has 0 amide bonds. The van der Waals surface area contributed by atoms with Crippen LogP contribution in [0.5, 0.6) is 0 Å². The Morgan fingerprint density at radius 3 is 2.93 bits per heavy atom. The lowest BCUT2D eigenvalue weighted by Crippen LogP contribution is -2.15. The monoisotopic (exact) mass is 184 g/mol. The zero-order valence-electron chi connectivity index (χ0n) is 7.47. The summed E-state index contributed by atoms with van der Waals surface area (Å²) in [4.78, 5) is 15.3. The first-order valence-corrected chi connectivity index (χ1v) is 4.22. The number of terminal acetylenes is 1. The number of hydrogen-bond donors (Lipinski definition) is 0. The second-order valence-corrected chi connectivity index (χ2v) is 2.87. The van der Waals surface area contributed by atoms with Gasteiger partial charge < -0.3 is 0 Å². The molecule has 0 fully saturated rings. The molecule has 2 aliphatic rings. The molecule has 0 N–H and O–H groups in total. The van der Waals surface area contributed by atoms with Crippen molar-refractivity contribution in [3.63, 3.8) is 0 Å². The third-order valence-electron chi connectivity index (χ3n) is 1.98. The van der Waals surface area contributed by atoms with Crippen molar-refractivity contribution < 1.29 is 0 Å². The summed E-state index contributed by atoms with van der Waals surface area (Å²) in [5, 5.41) is 0. The maximum Gasteiger partial charge on any atom is 0.349 e. The van der Waals surface area contributed by atoms with Gasteiger partial charge >= 0.3 is 5.69 Å². The van der Waals surface area contributed by atoms with Crippen LogP contribution in [0.3, 0.4) is 0 Å². The van der Waals surface area contributed by atoms with Gasteiger partial charge in [-0.2, -0.15) is 4.98 Å². The van der Waals surface area contributed by atoms with Gasteiger partial charge in [0.15, 0.2) is 0 Å². The summed E-state index contributed by atoms with van der Waals surface area (Å²) in [7, 11) is 0. The van der Waals surface area contributed by atoms with E-state index < -0.39 is 0 Å². The summed E-state index contributed by atoms with van der Waals surface area (Å²) in [5.41, 5.74) is 1.16. The minimum Gasteiger partial charge on any atom is -0.279 e. The molecule has 1 heterocycles. The van der Waals surface area contributed by atoms with Crippen LogP contribution in [-0.2, 0) is 6.54 Å². The molecule has 14 heavy (non-hydrogen) atoms. The van der Waals surface area contributed by atoms with E-state index in [1.807, 2.05) is 24.3 Å². The van der Waals surface area contributed by atoms with Crippen LogP contribution in [0.4, 0.5) is 0 Å². The van der Waals surface area contributed by atoms with Crippen molar-refractivity contribution in [2.24, 2.45) is 0 Å². The van der Waals surface area contributed by atoms with Crippen LogP contribution in [-0.4, -0.2) is 9.55 Å². The third kappa shape index (κ3) is 1.27. The Kier molecular flexibility index (Phi) is 2.04. The number of hydrogen-bond acceptors (Lipinski definition) is 2. The molecule has 68 valence electrons. The number of aromatic nitrogens is 2. The lowest BCUT2D eigenvalue weighted by atomic mass is 10.3. The van der Waals surface area contributed by atoms with Crippen molar-refractivity contribution in [3.05, 3.63) is 40.8 Å². The van der Waals surface area contributed by atoms with Crippen molar-refractivity contribution in [1.29, 1.82) is 0 Å². The molecule has 3 heteroatoms. The molecular weight excluding hydrogens is 176 g/mol. The van der Waals surface area contributed by atoms with Gasteiger partial charge in [0.25, 0.3) is 0 Å². The molecule has 0 aromatic rings. The summed E-state index contributed by atoms with van der Waals surface area (Å²) in [5.74, 6) is 2.44. The Morgan fingerprint density at radius 1 is 1.36 bits per heavy atom. The van der Waals surface area contributed by atoms with E-state index in [1.54, 1.807) is 6.07 Å². The van der Waals surface area contributed by atoms with Crippen LogP contribution >= 0.6 is 0 Å². The first-order chi connectivity index (χ1) is 6.83. The second-order valence-electron chi connectivity index (χ2n) is 2.87. The molecule has 0 unspecified atom stereocenters. The molecule has 0 radical (unpaired) electrons. The predicted molar refractivity (Wildman–Crippen MR) is 54.0 cm³/mol. The van der Waals surface area contributed by atoms with E-state index in [1.165, 1.54) is 4.57 Å². The molecule has 1 aliphatic carbocycles. The standard InChI is InChI=1S/C11H8N2O/c1-2-8-13-10-7-5-3-4-6-9(10)12-11(13)14/h1,3-7H,8H2. The summed E-state index contributed by atoms with van der Waals surface area (Å²) in [6.45, 7) is 0.263. The summed E-state index contributed by atoms with van der Waals surface area (Å²) < 4.78 is 1.48. The number of nitrogens with zero attached hydrogens (tertiary/aromatic N) is 2. The second kappa shape index (κ2) is 3.35. The molecule has 1 aliphatic heterocycles. The van der Waals surface area contributed by atoms with Crippen molar-refractivity contribution in [2.75, 3.05) is 0 Å². The van der Waals surface area contributed by atoms with Crippen LogP contribution in [0.1, 0.15) is 0 Å². The normalized spacial score (nSPS) is 9.93. The fraction of sp³-hybridized carbons (Fsp3) is 0.0909. The van der Waals surface area contributed by atoms with E-state index in [4.69, 9.17) is 6.42 Å². The van der Waals surface area contributed by atoms with E-state index in [2.05, 4.69) is 10.9 Å². The van der Waals surface area contributed by atoms with Gasteiger partial charge in [0.1, 0.15) is 0 Å². The highest BCUT2D eigenvalue weighted by atomic mass is 16.1. The molecule has 0 saturated heterocycles. The van der Waals surface area contributed by atoms with Crippen molar-refractivity contribution >= 4 is 0 Å². The largest absolute Gasteiger partial charge is 0.349 e. The highest BCUT2D eigenvalue weighted by Crippen LogP contribution is 2.14. The first-order valence-electron chi connectivity index (χ1n) is 4.22. The molecule has 2 rings (SSSR count). The van der Waals surface area contributed by atoms with Crippen LogP contribution < -0.4 is 5.69 Å². The lowest BCUT2D eigenvalue weighted by molar-refractivity contribution is 0.810. The summed E-state index contributed by atoms with van der Waals surface area (Å²) >= 11 is 0. The van der Waals surface area contributed by atoms with Gasteiger partial charge in [0, 0.05) is 0 Å². The fourth-order valence-corrected chi connectivity index (χ4v) is 1.36. The van der Waals surface area contributed by atoms with Gasteiger partial charge in [-0.25, -0.2) is 4.79 Å². The highest BCUT2D eigenvalue weighted by Gasteiger charge is 2.10. The summed E-state index contributed by atoms with van der Waals surface area (Å²) in [6.07, 6.45) is 5.17. The van der Waals surface area contributed by atoms with Gasteiger partial charge in [-0.05, 0) is 12.1 Å². The quantitative estimate of drug-likeness (QED) is 0.619. The Labute approximate surface area is 81.4 Å². The molecule has 0 bridgehead atoms. The van der Waals surface area contributed by atoms with E-state index >= 15 is 0 Å². The molecule has 0 aromatic carbocycles. The Hall–Kier alpha value is -2.08. The van der Waals surface area contributed by atoms with E-state index in [-0.39, 0.29) is 12.2 Å². The maximum atomic E-state index is 11.4. The minimum absolute atomic E-state index is 0.263. The molecule has 0 spiro atoms. The minimum atomic E-state index is -0.288. The van der Waals surface area contributed by atoms with Crippen molar-refractivity contribution in [2.45, 2.75) is 6.54 Å². The third-order valence-corrected chi connectivity index (χ3v) is 1.98. The van der Waals surface area contributed by atoms with Crippen molar-refractivity contribution in [3.8, 4) is 23.7 Å². The molecule has 0 saturated carbocycles. The smallest absolute Gasteiger partial charge is 0.279 e. The predicted octanol–water partition coefficient (Wildman–Crippen LogP) is 0.981. The number of imidazole rings is 1. The van der Waals surface area contributed by atoms with E-state index in [9.17, 15) is 4.79 Å². The van der Waals surface area contributed by atoms with Gasteiger partial charge in [-0.3, -0.25) is 4.57 Å². The van der Waals surface area contributed by atoms with Gasteiger partial charge in [-0.1, -0.05) is 24.1 Å². The topological polar surface area (TPSA) is 34.9 Å². The average Bonchev–Trinajstić information content (AvgIpc) is 2.39. The molecule has 0 atom stereocenters. The fourth-order valence-electron chi connectivity index (χ4n) is 1.36. The summed E-state index contributed by atoms with van der Waals surface area (Å²) in [6, 6.07) is 9.21. The highest BCUT2D eigenvalue weighted by molar-refractivity contribution is 5.55. The average molecular weight is 184 g/mol. The van der Waals surface area contributed by atoms with Gasteiger partial charge in [-0.15, -0.1) is 6.42 Å². The Morgan fingerprint density at radius 2 is 2.14 bits per heavy atom. The van der Waals surface area contributed by atoms with E-state index in [0.717, 1.165) is 5.69 Å². The first kappa shape index (κ1) is 8.52. The van der Waals surface area contributed by atoms with Crippen LogP contribution in [0.25, 0.3) is 11.4 Å². The molecule has 0 aromatic heterocycles. The zero-order chi connectivity index (χ0) is 9.97. The number of rotatable bonds is 1. The van der Waals surface area contributed by atoms with E-state index in [0.29, 0.717) is 5.69 Å². The van der Waals surface area contributed by atoms with Gasteiger partial charge in [0.05, 0.1) is 17.9 Å². The maximum absolute atomic E-state index is 11.4. The molecule has 3 nitrogen and oxygen atoms in total. The van der Waals surface area contributed by atoms with Crippen molar-refractivity contribution in [1.82, 2.24) is 9.55 Å². The van der Waals surface area contributed by atoms with Gasteiger partial charge in [0.2, 0.25) is 0 Å². The Bertz CT molecular complexity index is 522. The lowest BCUT2D eigenvalue weighted by Gasteiger charge is -1.96. The SMILES string of the molecule is C#CCn1c2cccccc-2nc1=O.